The molecule has 4 nitrogen and oxygen atoms in total. The Morgan fingerprint density at radius 2 is 1.89 bits per heavy atom. The molecule has 18 heavy (non-hydrogen) atoms. The number of likely N-dealkylation sites (N-methyl/N-ethyl adjacent to an activating group) is 2. The molecule has 0 unspecified atom stereocenters. The normalized spacial score (nSPS) is 10.8. The number of pyridine rings is 1. The first-order valence-corrected chi connectivity index (χ1v) is 6.37. The molecular weight excluding hydrogens is 244 g/mol. The third-order valence-electron chi connectivity index (χ3n) is 2.85. The third-order valence-corrected chi connectivity index (χ3v) is 3.05. The fraction of sp³-hybridized carbons (Fsp3) is 0.538. The highest BCUT2D eigenvalue weighted by atomic mass is 32.1. The molecule has 0 aliphatic carbocycles. The average Bonchev–Trinajstić information content (AvgIpc) is 2.23. The van der Waals surface area contributed by atoms with Crippen LogP contribution in [0.1, 0.15) is 17.0 Å². The summed E-state index contributed by atoms with van der Waals surface area (Å²) >= 11 is 5.14. The molecule has 1 aromatic rings. The molecule has 0 spiro atoms. The van der Waals surface area contributed by atoms with Crippen molar-refractivity contribution in [2.45, 2.75) is 13.8 Å². The van der Waals surface area contributed by atoms with Crippen LogP contribution in [0.15, 0.2) is 6.07 Å². The zero-order valence-electron chi connectivity index (χ0n) is 11.8. The van der Waals surface area contributed by atoms with Crippen molar-refractivity contribution in [3.8, 4) is 0 Å². The van der Waals surface area contributed by atoms with Gasteiger partial charge in [-0.25, -0.2) is 0 Å². The lowest BCUT2D eigenvalue weighted by Gasteiger charge is -2.25. The smallest absolute Gasteiger partial charge is 0.107 e. The van der Waals surface area contributed by atoms with E-state index in [0.717, 1.165) is 35.7 Å². The average molecular weight is 266 g/mol. The molecule has 0 aliphatic rings. The van der Waals surface area contributed by atoms with Crippen LogP contribution >= 0.6 is 12.2 Å². The Hall–Kier alpha value is -1.20. The van der Waals surface area contributed by atoms with E-state index in [-0.39, 0.29) is 0 Å². The van der Waals surface area contributed by atoms with Gasteiger partial charge in [-0.05, 0) is 34.0 Å². The van der Waals surface area contributed by atoms with Crippen LogP contribution in [0.4, 0.5) is 5.69 Å². The van der Waals surface area contributed by atoms with E-state index >= 15 is 0 Å². The lowest BCUT2D eigenvalue weighted by Crippen LogP contribution is -2.30. The predicted octanol–water partition coefficient (Wildman–Crippen LogP) is 1.33. The second-order valence-electron chi connectivity index (χ2n) is 4.83. The first-order valence-electron chi connectivity index (χ1n) is 5.97. The van der Waals surface area contributed by atoms with Gasteiger partial charge in [0.25, 0.3) is 0 Å². The van der Waals surface area contributed by atoms with Crippen molar-refractivity contribution in [2.24, 2.45) is 5.73 Å². The summed E-state index contributed by atoms with van der Waals surface area (Å²) in [4.78, 5) is 9.16. The molecule has 5 heteroatoms. The topological polar surface area (TPSA) is 45.4 Å². The first kappa shape index (κ1) is 14.9. The molecule has 100 valence electrons. The van der Waals surface area contributed by atoms with Crippen LogP contribution in [0.5, 0.6) is 0 Å². The minimum absolute atomic E-state index is 0.409. The predicted molar refractivity (Wildman–Crippen MR) is 81.4 cm³/mol. The quantitative estimate of drug-likeness (QED) is 0.815. The van der Waals surface area contributed by atoms with Crippen molar-refractivity contribution in [3.05, 3.63) is 23.0 Å². The maximum atomic E-state index is 5.81. The molecule has 0 radical (unpaired) electrons. The van der Waals surface area contributed by atoms with E-state index in [0.29, 0.717) is 4.99 Å². The SMILES string of the molecule is Cc1cc(N(C)CCN(C)C)c(C(N)=S)c(C)n1. The summed E-state index contributed by atoms with van der Waals surface area (Å²) in [6.07, 6.45) is 0. The Morgan fingerprint density at radius 1 is 1.28 bits per heavy atom. The van der Waals surface area contributed by atoms with Gasteiger partial charge in [0.2, 0.25) is 0 Å². The number of hydrogen-bond acceptors (Lipinski definition) is 4. The van der Waals surface area contributed by atoms with Gasteiger partial charge >= 0.3 is 0 Å². The minimum atomic E-state index is 0.409. The van der Waals surface area contributed by atoms with E-state index in [1.807, 2.05) is 19.9 Å². The van der Waals surface area contributed by atoms with Crippen LogP contribution in [0.3, 0.4) is 0 Å². The molecule has 0 amide bonds. The van der Waals surface area contributed by atoms with Gasteiger partial charge in [-0.2, -0.15) is 0 Å². The summed E-state index contributed by atoms with van der Waals surface area (Å²) in [6, 6.07) is 2.04. The summed E-state index contributed by atoms with van der Waals surface area (Å²) in [7, 11) is 6.18. The maximum Gasteiger partial charge on any atom is 0.107 e. The summed E-state index contributed by atoms with van der Waals surface area (Å²) in [5.41, 5.74) is 9.65. The van der Waals surface area contributed by atoms with Crippen LogP contribution in [-0.4, -0.2) is 49.1 Å². The van der Waals surface area contributed by atoms with Crippen molar-refractivity contribution in [1.29, 1.82) is 0 Å². The van der Waals surface area contributed by atoms with Crippen LogP contribution < -0.4 is 10.6 Å². The minimum Gasteiger partial charge on any atom is -0.389 e. The summed E-state index contributed by atoms with van der Waals surface area (Å²) in [5.74, 6) is 0. The van der Waals surface area contributed by atoms with E-state index in [9.17, 15) is 0 Å². The number of aromatic nitrogens is 1. The molecule has 2 N–H and O–H groups in total. The lowest BCUT2D eigenvalue weighted by molar-refractivity contribution is 0.416. The number of hydrogen-bond donors (Lipinski definition) is 1. The second-order valence-corrected chi connectivity index (χ2v) is 5.27. The third kappa shape index (κ3) is 3.65. The van der Waals surface area contributed by atoms with E-state index < -0.39 is 0 Å². The second kappa shape index (κ2) is 6.11. The summed E-state index contributed by atoms with van der Waals surface area (Å²) in [6.45, 7) is 5.84. The zero-order valence-corrected chi connectivity index (χ0v) is 12.6. The number of aryl methyl sites for hydroxylation is 2. The van der Waals surface area contributed by atoms with Gasteiger partial charge in [0.05, 0.1) is 11.3 Å². The monoisotopic (exact) mass is 266 g/mol. The van der Waals surface area contributed by atoms with Gasteiger partial charge < -0.3 is 15.5 Å². The van der Waals surface area contributed by atoms with Crippen LogP contribution in [0.25, 0.3) is 0 Å². The Labute approximate surface area is 115 Å². The fourth-order valence-electron chi connectivity index (χ4n) is 1.88. The molecule has 0 bridgehead atoms. The number of nitrogens with two attached hydrogens (primary N) is 1. The Bertz CT molecular complexity index is 443. The van der Waals surface area contributed by atoms with Gasteiger partial charge in [0, 0.05) is 31.5 Å². The number of nitrogens with zero attached hydrogens (tertiary/aromatic N) is 3. The van der Waals surface area contributed by atoms with Crippen molar-refractivity contribution in [3.63, 3.8) is 0 Å². The highest BCUT2D eigenvalue weighted by Gasteiger charge is 2.14. The number of thiocarbonyl (C=S) groups is 1. The van der Waals surface area contributed by atoms with Crippen LogP contribution in [0, 0.1) is 13.8 Å². The Kier molecular flexibility index (Phi) is 5.04. The zero-order chi connectivity index (χ0) is 13.9. The van der Waals surface area contributed by atoms with Gasteiger partial charge in [0.15, 0.2) is 0 Å². The molecule has 0 aliphatic heterocycles. The molecule has 0 atom stereocenters. The van der Waals surface area contributed by atoms with Crippen LogP contribution in [0.2, 0.25) is 0 Å². The molecule has 1 heterocycles. The molecular formula is C13H22N4S. The molecule has 1 rings (SSSR count). The van der Waals surface area contributed by atoms with E-state index in [4.69, 9.17) is 18.0 Å². The van der Waals surface area contributed by atoms with E-state index in [1.54, 1.807) is 0 Å². The van der Waals surface area contributed by atoms with Gasteiger partial charge in [0.1, 0.15) is 4.99 Å². The Balaban J connectivity index is 3.09. The van der Waals surface area contributed by atoms with E-state index in [1.165, 1.54) is 0 Å². The van der Waals surface area contributed by atoms with Gasteiger partial charge in [-0.3, -0.25) is 4.98 Å². The fourth-order valence-corrected chi connectivity index (χ4v) is 2.14. The highest BCUT2D eigenvalue weighted by molar-refractivity contribution is 7.80. The van der Waals surface area contributed by atoms with E-state index in [2.05, 4.69) is 35.9 Å². The largest absolute Gasteiger partial charge is 0.389 e. The Morgan fingerprint density at radius 3 is 2.39 bits per heavy atom. The van der Waals surface area contributed by atoms with Crippen LogP contribution in [-0.2, 0) is 0 Å². The lowest BCUT2D eigenvalue weighted by atomic mass is 10.1. The summed E-state index contributed by atoms with van der Waals surface area (Å²) in [5, 5.41) is 0. The number of anilines is 1. The molecule has 0 saturated carbocycles. The first-order chi connectivity index (χ1) is 8.32. The molecule has 0 saturated heterocycles. The van der Waals surface area contributed by atoms with Crippen molar-refractivity contribution in [2.75, 3.05) is 39.1 Å². The van der Waals surface area contributed by atoms with Crippen molar-refractivity contribution < 1.29 is 0 Å². The maximum absolute atomic E-state index is 5.81. The molecule has 1 aromatic heterocycles. The van der Waals surface area contributed by atoms with Gasteiger partial charge in [-0.15, -0.1) is 0 Å². The summed E-state index contributed by atoms with van der Waals surface area (Å²) < 4.78 is 0. The standard InChI is InChI=1S/C13H22N4S/c1-9-8-11(17(5)7-6-16(3)4)12(13(14)18)10(2)15-9/h8H,6-7H2,1-5H3,(H2,14,18). The van der Waals surface area contributed by atoms with Gasteiger partial charge in [-0.1, -0.05) is 12.2 Å². The molecule has 0 aromatic carbocycles. The molecule has 0 fully saturated rings. The highest BCUT2D eigenvalue weighted by Crippen LogP contribution is 2.22. The van der Waals surface area contributed by atoms with Crippen molar-refractivity contribution in [1.82, 2.24) is 9.88 Å². The number of rotatable bonds is 5. The van der Waals surface area contributed by atoms with Crippen molar-refractivity contribution >= 4 is 22.9 Å².